The minimum absolute atomic E-state index is 0.0386. The molecule has 66 valence electrons. The van der Waals surface area contributed by atoms with Crippen LogP contribution >= 0.6 is 0 Å². The van der Waals surface area contributed by atoms with E-state index in [0.29, 0.717) is 0 Å². The first-order chi connectivity index (χ1) is 6.11. The number of nitrogen functional groups attached to an aromatic ring is 1. The summed E-state index contributed by atoms with van der Waals surface area (Å²) in [6.07, 6.45) is 0. The molecule has 3 N–H and O–H groups in total. The van der Waals surface area contributed by atoms with Crippen LogP contribution in [0.5, 0.6) is 0 Å². The van der Waals surface area contributed by atoms with Gasteiger partial charge in [-0.2, -0.15) is 0 Å². The first-order valence-corrected chi connectivity index (χ1v) is 3.55. The van der Waals surface area contributed by atoms with Gasteiger partial charge in [0, 0.05) is 0 Å². The fourth-order valence-electron chi connectivity index (χ4n) is 1.24. The maximum Gasteiger partial charge on any atom is 0.261 e. The van der Waals surface area contributed by atoms with Crippen molar-refractivity contribution in [1.29, 1.82) is 0 Å². The Balaban J connectivity index is 2.78. The van der Waals surface area contributed by atoms with Crippen LogP contribution in [0.3, 0.4) is 0 Å². The minimum atomic E-state index is -0.833. The molecule has 2 rings (SSSR count). The molecule has 1 aliphatic heterocycles. The monoisotopic (exact) mass is 180 g/mol. The van der Waals surface area contributed by atoms with Gasteiger partial charge < -0.3 is 5.73 Å². The molecule has 1 aromatic carbocycles. The highest BCUT2D eigenvalue weighted by Crippen LogP contribution is 2.23. The summed E-state index contributed by atoms with van der Waals surface area (Å²) in [5.41, 5.74) is 4.88. The van der Waals surface area contributed by atoms with Crippen molar-refractivity contribution in [3.05, 3.63) is 29.1 Å². The van der Waals surface area contributed by atoms with E-state index in [4.69, 9.17) is 5.73 Å². The number of halogens is 1. The predicted octanol–water partition coefficient (Wildman–Crippen LogP) is 0.292. The Morgan fingerprint density at radius 2 is 1.92 bits per heavy atom. The Labute approximate surface area is 72.5 Å². The zero-order valence-electron chi connectivity index (χ0n) is 6.43. The van der Waals surface area contributed by atoms with Crippen molar-refractivity contribution in [1.82, 2.24) is 5.32 Å². The van der Waals surface area contributed by atoms with E-state index in [1.807, 2.05) is 5.32 Å². The number of anilines is 1. The van der Waals surface area contributed by atoms with Gasteiger partial charge in [0.15, 0.2) is 5.82 Å². The number of carbonyl (C=O) groups is 2. The Bertz CT molecular complexity index is 428. The number of benzene rings is 1. The third-order valence-corrected chi connectivity index (χ3v) is 1.87. The number of carbonyl (C=O) groups excluding carboxylic acids is 2. The summed E-state index contributed by atoms with van der Waals surface area (Å²) < 4.78 is 13.2. The summed E-state index contributed by atoms with van der Waals surface area (Å²) in [7, 11) is 0. The lowest BCUT2D eigenvalue weighted by atomic mass is 10.1. The molecule has 0 saturated heterocycles. The first-order valence-electron chi connectivity index (χ1n) is 3.55. The lowest BCUT2D eigenvalue weighted by Crippen LogP contribution is -2.20. The molecule has 1 heterocycles. The average Bonchev–Trinajstić information content (AvgIpc) is 2.35. The van der Waals surface area contributed by atoms with Gasteiger partial charge in [0.1, 0.15) is 0 Å². The molecule has 0 aliphatic carbocycles. The van der Waals surface area contributed by atoms with Crippen LogP contribution in [0.2, 0.25) is 0 Å². The van der Waals surface area contributed by atoms with Crippen molar-refractivity contribution >= 4 is 17.5 Å². The third kappa shape index (κ3) is 0.900. The molecule has 0 spiro atoms. The number of fused-ring (bicyclic) bond motifs is 1. The van der Waals surface area contributed by atoms with E-state index in [2.05, 4.69) is 0 Å². The maximum absolute atomic E-state index is 13.2. The van der Waals surface area contributed by atoms with E-state index in [-0.39, 0.29) is 16.8 Å². The summed E-state index contributed by atoms with van der Waals surface area (Å²) in [4.78, 5) is 22.0. The molecule has 5 heteroatoms. The van der Waals surface area contributed by atoms with E-state index in [1.165, 1.54) is 12.1 Å². The SMILES string of the molecule is Nc1ccc2c(c1F)C(=O)NC2=O. The summed E-state index contributed by atoms with van der Waals surface area (Å²) in [5.74, 6) is -2.15. The van der Waals surface area contributed by atoms with Crippen molar-refractivity contribution in [3.8, 4) is 0 Å². The van der Waals surface area contributed by atoms with Gasteiger partial charge in [-0.15, -0.1) is 0 Å². The van der Waals surface area contributed by atoms with Crippen LogP contribution in [0.25, 0.3) is 0 Å². The number of nitrogens with two attached hydrogens (primary N) is 1. The van der Waals surface area contributed by atoms with Crippen molar-refractivity contribution in [2.75, 3.05) is 5.73 Å². The van der Waals surface area contributed by atoms with Gasteiger partial charge in [0.25, 0.3) is 11.8 Å². The van der Waals surface area contributed by atoms with Crippen molar-refractivity contribution in [2.45, 2.75) is 0 Å². The smallest absolute Gasteiger partial charge is 0.261 e. The van der Waals surface area contributed by atoms with E-state index >= 15 is 0 Å². The van der Waals surface area contributed by atoms with Crippen LogP contribution in [0.1, 0.15) is 20.7 Å². The fraction of sp³-hybridized carbons (Fsp3) is 0. The summed E-state index contributed by atoms with van der Waals surface area (Å²) in [6, 6.07) is 2.58. The topological polar surface area (TPSA) is 72.2 Å². The average molecular weight is 180 g/mol. The van der Waals surface area contributed by atoms with E-state index in [0.717, 1.165) is 0 Å². The van der Waals surface area contributed by atoms with Gasteiger partial charge in [-0.1, -0.05) is 0 Å². The molecule has 0 atom stereocenters. The molecule has 2 amide bonds. The molecule has 0 fully saturated rings. The molecule has 0 aromatic heterocycles. The quantitative estimate of drug-likeness (QED) is 0.445. The van der Waals surface area contributed by atoms with Gasteiger partial charge in [-0.25, -0.2) is 4.39 Å². The molecule has 0 unspecified atom stereocenters. The van der Waals surface area contributed by atoms with Crippen molar-refractivity contribution < 1.29 is 14.0 Å². The second-order valence-corrected chi connectivity index (χ2v) is 2.67. The molecular formula is C8H5FN2O2. The van der Waals surface area contributed by atoms with E-state index < -0.39 is 17.6 Å². The number of imide groups is 1. The van der Waals surface area contributed by atoms with Crippen molar-refractivity contribution in [2.24, 2.45) is 0 Å². The van der Waals surface area contributed by atoms with Crippen LogP contribution < -0.4 is 11.1 Å². The maximum atomic E-state index is 13.2. The highest BCUT2D eigenvalue weighted by molar-refractivity contribution is 6.21. The number of hydrogen-bond donors (Lipinski definition) is 2. The number of amides is 2. The highest BCUT2D eigenvalue weighted by Gasteiger charge is 2.30. The lowest BCUT2D eigenvalue weighted by molar-refractivity contribution is 0.0878. The second-order valence-electron chi connectivity index (χ2n) is 2.67. The van der Waals surface area contributed by atoms with Gasteiger partial charge in [-0.05, 0) is 12.1 Å². The number of nitrogens with one attached hydrogen (secondary N) is 1. The fourth-order valence-corrected chi connectivity index (χ4v) is 1.24. The normalized spacial score (nSPS) is 14.2. The Morgan fingerprint density at radius 1 is 1.23 bits per heavy atom. The largest absolute Gasteiger partial charge is 0.396 e. The lowest BCUT2D eigenvalue weighted by Gasteiger charge is -1.98. The Hall–Kier alpha value is -1.91. The van der Waals surface area contributed by atoms with Crippen LogP contribution in [0.4, 0.5) is 10.1 Å². The van der Waals surface area contributed by atoms with Gasteiger partial charge >= 0.3 is 0 Å². The molecule has 13 heavy (non-hydrogen) atoms. The zero-order valence-corrected chi connectivity index (χ0v) is 6.43. The summed E-state index contributed by atoms with van der Waals surface area (Å²) in [5, 5.41) is 1.98. The molecule has 0 saturated carbocycles. The summed E-state index contributed by atoms with van der Waals surface area (Å²) in [6.45, 7) is 0. The third-order valence-electron chi connectivity index (χ3n) is 1.87. The molecule has 0 radical (unpaired) electrons. The Kier molecular flexibility index (Phi) is 1.36. The highest BCUT2D eigenvalue weighted by atomic mass is 19.1. The molecule has 0 bridgehead atoms. The van der Waals surface area contributed by atoms with E-state index in [9.17, 15) is 14.0 Å². The van der Waals surface area contributed by atoms with Gasteiger partial charge in [-0.3, -0.25) is 14.9 Å². The van der Waals surface area contributed by atoms with Crippen LogP contribution in [-0.2, 0) is 0 Å². The zero-order chi connectivity index (χ0) is 9.59. The molecule has 1 aliphatic rings. The first kappa shape index (κ1) is 7.72. The second kappa shape index (κ2) is 2.29. The van der Waals surface area contributed by atoms with Crippen molar-refractivity contribution in [3.63, 3.8) is 0 Å². The molecule has 1 aromatic rings. The standard InChI is InChI=1S/C8H5FN2O2/c9-6-4(10)2-1-3-5(6)8(13)11-7(3)12/h1-2H,10H2,(H,11,12,13). The van der Waals surface area contributed by atoms with Crippen LogP contribution in [0.15, 0.2) is 12.1 Å². The van der Waals surface area contributed by atoms with Gasteiger partial charge in [0.2, 0.25) is 0 Å². The minimum Gasteiger partial charge on any atom is -0.396 e. The number of rotatable bonds is 0. The van der Waals surface area contributed by atoms with E-state index in [1.54, 1.807) is 0 Å². The Morgan fingerprint density at radius 3 is 2.62 bits per heavy atom. The number of hydrogen-bond acceptors (Lipinski definition) is 3. The molecule has 4 nitrogen and oxygen atoms in total. The summed E-state index contributed by atoms with van der Waals surface area (Å²) >= 11 is 0. The van der Waals surface area contributed by atoms with Crippen LogP contribution in [-0.4, -0.2) is 11.8 Å². The van der Waals surface area contributed by atoms with Gasteiger partial charge in [0.05, 0.1) is 16.8 Å². The van der Waals surface area contributed by atoms with Crippen LogP contribution in [0, 0.1) is 5.82 Å². The predicted molar refractivity (Wildman–Crippen MR) is 42.6 cm³/mol. The molecular weight excluding hydrogens is 175 g/mol.